The van der Waals surface area contributed by atoms with E-state index in [1.165, 1.54) is 61.3 Å². The first-order chi connectivity index (χ1) is 11.6. The minimum Gasteiger partial charge on any atom is -0.0850 e. The van der Waals surface area contributed by atoms with Crippen molar-refractivity contribution >= 4 is 10.8 Å². The molecule has 124 valence electrons. The summed E-state index contributed by atoms with van der Waals surface area (Å²) in [6.45, 7) is 4.61. The highest BCUT2D eigenvalue weighted by Gasteiger charge is 2.48. The topological polar surface area (TPSA) is 0 Å². The standard InChI is InChI=1S/C24H28/c1-16(2)9-17-3-5-19-13-22-15-24(14-18-4-6-23(24)11-18)8-7-20(22)12-21(19)10-17/h3-5,10,12-13,16,23H,6-9,11,14-15H2,1-2H3. The average molecular weight is 316 g/mol. The summed E-state index contributed by atoms with van der Waals surface area (Å²) >= 11 is 0. The van der Waals surface area contributed by atoms with Crippen LogP contribution < -0.4 is 0 Å². The van der Waals surface area contributed by atoms with Crippen molar-refractivity contribution in [3.63, 3.8) is 0 Å². The maximum absolute atomic E-state index is 2.53. The molecule has 24 heavy (non-hydrogen) atoms. The summed E-state index contributed by atoms with van der Waals surface area (Å²) in [7, 11) is 0. The molecule has 1 spiro atoms. The normalized spacial score (nSPS) is 28.0. The van der Waals surface area contributed by atoms with Gasteiger partial charge in [0.05, 0.1) is 0 Å². The second-order valence-electron chi connectivity index (χ2n) is 9.12. The van der Waals surface area contributed by atoms with E-state index in [9.17, 15) is 0 Å². The zero-order valence-electron chi connectivity index (χ0n) is 15.1. The number of fused-ring (bicyclic) bond motifs is 5. The van der Waals surface area contributed by atoms with Crippen molar-refractivity contribution in [2.75, 3.05) is 0 Å². The minimum absolute atomic E-state index is 0.613. The van der Waals surface area contributed by atoms with Crippen LogP contribution >= 0.6 is 0 Å². The largest absolute Gasteiger partial charge is 0.0850 e. The molecule has 0 saturated heterocycles. The smallest absolute Gasteiger partial charge is 0.0178 e. The van der Waals surface area contributed by atoms with E-state index in [0.717, 1.165) is 11.8 Å². The first-order valence-electron chi connectivity index (χ1n) is 9.84. The van der Waals surface area contributed by atoms with Crippen LogP contribution in [-0.4, -0.2) is 0 Å². The maximum atomic E-state index is 2.53. The Morgan fingerprint density at radius 3 is 2.67 bits per heavy atom. The summed E-state index contributed by atoms with van der Waals surface area (Å²) in [4.78, 5) is 0. The predicted molar refractivity (Wildman–Crippen MR) is 102 cm³/mol. The summed E-state index contributed by atoms with van der Waals surface area (Å²) in [5, 5.41) is 2.90. The van der Waals surface area contributed by atoms with Gasteiger partial charge in [-0.05, 0) is 89.7 Å². The molecule has 2 atom stereocenters. The highest BCUT2D eigenvalue weighted by atomic mass is 14.5. The van der Waals surface area contributed by atoms with Gasteiger partial charge in [-0.1, -0.05) is 55.8 Å². The van der Waals surface area contributed by atoms with E-state index in [2.05, 4.69) is 50.3 Å². The molecule has 0 aromatic heterocycles. The third-order valence-corrected chi connectivity index (χ3v) is 6.95. The number of aryl methyl sites for hydroxylation is 1. The minimum atomic E-state index is 0.613. The third kappa shape index (κ3) is 2.26. The summed E-state index contributed by atoms with van der Waals surface area (Å²) in [5.74, 6) is 1.68. The number of benzene rings is 2. The zero-order chi connectivity index (χ0) is 16.3. The monoisotopic (exact) mass is 316 g/mol. The molecule has 3 aliphatic carbocycles. The number of allylic oxidation sites excluding steroid dienone is 2. The Hall–Kier alpha value is -1.56. The summed E-state index contributed by atoms with van der Waals surface area (Å²) in [5.41, 5.74) is 7.15. The second-order valence-corrected chi connectivity index (χ2v) is 9.12. The van der Waals surface area contributed by atoms with Crippen molar-refractivity contribution in [2.45, 2.75) is 58.8 Å². The van der Waals surface area contributed by atoms with Gasteiger partial charge in [-0.25, -0.2) is 0 Å². The summed E-state index contributed by atoms with van der Waals surface area (Å²) in [6.07, 6.45) is 11.9. The van der Waals surface area contributed by atoms with Crippen LogP contribution in [0.3, 0.4) is 0 Å². The lowest BCUT2D eigenvalue weighted by Gasteiger charge is -2.40. The molecule has 0 heterocycles. The number of rotatable bonds is 2. The molecule has 5 rings (SSSR count). The molecular formula is C24H28. The van der Waals surface area contributed by atoms with E-state index in [0.29, 0.717) is 5.41 Å². The Bertz CT molecular complexity index is 838. The van der Waals surface area contributed by atoms with Crippen LogP contribution in [0.5, 0.6) is 0 Å². The molecule has 2 aromatic rings. The Morgan fingerprint density at radius 1 is 1.04 bits per heavy atom. The molecule has 2 bridgehead atoms. The van der Waals surface area contributed by atoms with Crippen molar-refractivity contribution in [1.29, 1.82) is 0 Å². The molecule has 0 N–H and O–H groups in total. The first-order valence-corrected chi connectivity index (χ1v) is 9.84. The lowest BCUT2D eigenvalue weighted by molar-refractivity contribution is 0.169. The molecule has 2 unspecified atom stereocenters. The Labute approximate surface area is 146 Å². The molecule has 1 saturated carbocycles. The van der Waals surface area contributed by atoms with Gasteiger partial charge in [0.2, 0.25) is 0 Å². The third-order valence-electron chi connectivity index (χ3n) is 6.95. The van der Waals surface area contributed by atoms with E-state index < -0.39 is 0 Å². The van der Waals surface area contributed by atoms with Crippen molar-refractivity contribution in [3.8, 4) is 0 Å². The van der Waals surface area contributed by atoms with Gasteiger partial charge < -0.3 is 0 Å². The second kappa shape index (κ2) is 5.22. The predicted octanol–water partition coefficient (Wildman–Crippen LogP) is 6.25. The molecule has 0 heteroatoms. The van der Waals surface area contributed by atoms with Gasteiger partial charge in [-0.3, -0.25) is 0 Å². The van der Waals surface area contributed by atoms with Gasteiger partial charge in [-0.2, -0.15) is 0 Å². The van der Waals surface area contributed by atoms with Crippen LogP contribution in [0.15, 0.2) is 42.0 Å². The first kappa shape index (κ1) is 14.8. The van der Waals surface area contributed by atoms with Crippen LogP contribution in [0.25, 0.3) is 10.8 Å². The van der Waals surface area contributed by atoms with Crippen LogP contribution in [0, 0.1) is 17.3 Å². The van der Waals surface area contributed by atoms with Gasteiger partial charge in [-0.15, -0.1) is 0 Å². The molecule has 0 radical (unpaired) electrons. The van der Waals surface area contributed by atoms with Crippen LogP contribution in [0.2, 0.25) is 0 Å². The lowest BCUT2D eigenvalue weighted by Crippen LogP contribution is -2.33. The Morgan fingerprint density at radius 2 is 1.92 bits per heavy atom. The summed E-state index contributed by atoms with van der Waals surface area (Å²) < 4.78 is 0. The van der Waals surface area contributed by atoms with Crippen LogP contribution in [-0.2, 0) is 19.3 Å². The van der Waals surface area contributed by atoms with Gasteiger partial charge in [0.15, 0.2) is 0 Å². The fourth-order valence-corrected chi connectivity index (χ4v) is 5.79. The number of hydrogen-bond acceptors (Lipinski definition) is 0. The van der Waals surface area contributed by atoms with Crippen molar-refractivity contribution < 1.29 is 0 Å². The fourth-order valence-electron chi connectivity index (χ4n) is 5.79. The Balaban J connectivity index is 1.51. The maximum Gasteiger partial charge on any atom is -0.0178 e. The Kier molecular flexibility index (Phi) is 3.21. The lowest BCUT2D eigenvalue weighted by atomic mass is 9.64. The highest BCUT2D eigenvalue weighted by molar-refractivity contribution is 5.85. The van der Waals surface area contributed by atoms with Gasteiger partial charge in [0.1, 0.15) is 0 Å². The number of hydrogen-bond donors (Lipinski definition) is 0. The average Bonchev–Trinajstić information content (AvgIpc) is 3.13. The fraction of sp³-hybridized carbons (Fsp3) is 0.500. The van der Waals surface area contributed by atoms with Crippen molar-refractivity contribution in [1.82, 2.24) is 0 Å². The van der Waals surface area contributed by atoms with E-state index >= 15 is 0 Å². The van der Waals surface area contributed by atoms with E-state index in [1.807, 2.05) is 0 Å². The van der Waals surface area contributed by atoms with Crippen LogP contribution in [0.4, 0.5) is 0 Å². The molecule has 2 aromatic carbocycles. The van der Waals surface area contributed by atoms with E-state index in [4.69, 9.17) is 0 Å². The van der Waals surface area contributed by atoms with Crippen molar-refractivity contribution in [3.05, 3.63) is 58.7 Å². The van der Waals surface area contributed by atoms with Crippen LogP contribution in [0.1, 0.15) is 56.2 Å². The highest BCUT2D eigenvalue weighted by Crippen LogP contribution is 2.58. The molecule has 3 aliphatic rings. The van der Waals surface area contributed by atoms with Crippen molar-refractivity contribution in [2.24, 2.45) is 17.3 Å². The molecule has 0 nitrogen and oxygen atoms in total. The zero-order valence-corrected chi connectivity index (χ0v) is 15.1. The van der Waals surface area contributed by atoms with E-state index in [1.54, 1.807) is 16.7 Å². The molecule has 0 amide bonds. The van der Waals surface area contributed by atoms with Gasteiger partial charge in [0, 0.05) is 0 Å². The quantitative estimate of drug-likeness (QED) is 0.574. The van der Waals surface area contributed by atoms with E-state index in [-0.39, 0.29) is 0 Å². The molecule has 0 aliphatic heterocycles. The molecular weight excluding hydrogens is 288 g/mol. The van der Waals surface area contributed by atoms with Gasteiger partial charge >= 0.3 is 0 Å². The molecule has 1 fully saturated rings. The van der Waals surface area contributed by atoms with Gasteiger partial charge in [0.25, 0.3) is 0 Å². The summed E-state index contributed by atoms with van der Waals surface area (Å²) in [6, 6.07) is 12.2. The SMILES string of the molecule is CC(C)Cc1ccc2cc3c(cc2c1)CCC1(CC2=CCC1C2)C3.